The first kappa shape index (κ1) is 19.9. The molecule has 0 aliphatic heterocycles. The van der Waals surface area contributed by atoms with Gasteiger partial charge in [-0.25, -0.2) is 0 Å². The molecular weight excluding hydrogens is 413 g/mol. The minimum atomic E-state index is -1.75. The Labute approximate surface area is 110 Å². The fraction of sp³-hybridized carbons (Fsp3) is 0. The maximum Gasteiger partial charge on any atom is 2.00 e. The molecule has 0 unspecified atom stereocenters. The SMILES string of the molecule is O=[N+]([O-])[O-].O=[N+]([O-])[O-].Oc1ccccc1.[Hg+2]. The van der Waals surface area contributed by atoms with Gasteiger partial charge in [0.05, 0.1) is 10.2 Å². The summed E-state index contributed by atoms with van der Waals surface area (Å²) in [5, 5.41) is 38.1. The fourth-order valence-corrected chi connectivity index (χ4v) is 0.428. The molecule has 0 fully saturated rings. The van der Waals surface area contributed by atoms with Crippen molar-refractivity contribution in [3.63, 3.8) is 0 Å². The molecule has 0 saturated carbocycles. The van der Waals surface area contributed by atoms with Gasteiger partial charge < -0.3 is 35.7 Å². The molecule has 0 aliphatic carbocycles. The van der Waals surface area contributed by atoms with Crippen LogP contribution in [0.4, 0.5) is 0 Å². The number of aromatic hydroxyl groups is 1. The Balaban J connectivity index is -0.000000166. The summed E-state index contributed by atoms with van der Waals surface area (Å²) < 4.78 is 0. The molecule has 0 aliphatic rings. The number of rotatable bonds is 0. The second-order valence-electron chi connectivity index (χ2n) is 1.78. The Morgan fingerprint density at radius 1 is 0.875 bits per heavy atom. The number of hydrogen-bond donors (Lipinski definition) is 1. The number of phenolic OH excluding ortho intramolecular Hbond substituents is 1. The minimum absolute atomic E-state index is 0. The molecule has 9 nitrogen and oxygen atoms in total. The number of para-hydroxylation sites is 1. The van der Waals surface area contributed by atoms with Crippen LogP contribution >= 0.6 is 0 Å². The Morgan fingerprint density at radius 3 is 1.25 bits per heavy atom. The van der Waals surface area contributed by atoms with Gasteiger partial charge in [0.2, 0.25) is 0 Å². The zero-order valence-electron chi connectivity index (χ0n) is 7.88. The van der Waals surface area contributed by atoms with E-state index < -0.39 is 10.2 Å². The molecule has 1 aromatic carbocycles. The molecule has 0 saturated heterocycles. The van der Waals surface area contributed by atoms with E-state index in [-0.39, 0.29) is 27.7 Å². The van der Waals surface area contributed by atoms with Crippen molar-refractivity contribution in [2.24, 2.45) is 0 Å². The van der Waals surface area contributed by atoms with Gasteiger partial charge in [-0.05, 0) is 12.1 Å². The summed E-state index contributed by atoms with van der Waals surface area (Å²) >= 11 is 0. The van der Waals surface area contributed by atoms with Crippen molar-refractivity contribution in [3.05, 3.63) is 61.0 Å². The maximum absolute atomic E-state index is 8.63. The van der Waals surface area contributed by atoms with Crippen LogP contribution < -0.4 is 0 Å². The third kappa shape index (κ3) is 39.4. The van der Waals surface area contributed by atoms with Crippen LogP contribution in [0.15, 0.2) is 30.3 Å². The van der Waals surface area contributed by atoms with E-state index in [1.54, 1.807) is 24.3 Å². The number of nitrogens with zero attached hydrogens (tertiary/aromatic N) is 2. The molecule has 84 valence electrons. The normalized spacial score (nSPS) is 6.75. The minimum Gasteiger partial charge on any atom is -0.508 e. The van der Waals surface area contributed by atoms with Crippen molar-refractivity contribution < 1.29 is 42.9 Å². The average Bonchev–Trinajstić information content (AvgIpc) is 2.03. The third-order valence-corrected chi connectivity index (χ3v) is 0.756. The molecule has 16 heavy (non-hydrogen) atoms. The van der Waals surface area contributed by atoms with E-state index in [1.165, 1.54) is 0 Å². The zero-order chi connectivity index (χ0) is 12.3. The number of hydrogen-bond acceptors (Lipinski definition) is 7. The van der Waals surface area contributed by atoms with E-state index in [0.29, 0.717) is 5.75 Å². The van der Waals surface area contributed by atoms with Gasteiger partial charge in [-0.2, -0.15) is 0 Å². The first-order chi connectivity index (χ1) is 6.86. The van der Waals surface area contributed by atoms with Crippen LogP contribution in [-0.2, 0) is 27.7 Å². The average molecular weight is 419 g/mol. The molecule has 0 spiro atoms. The van der Waals surface area contributed by atoms with Crippen LogP contribution in [0.3, 0.4) is 0 Å². The summed E-state index contributed by atoms with van der Waals surface area (Å²) in [6.07, 6.45) is 0. The first-order valence-corrected chi connectivity index (χ1v) is 3.23. The molecule has 0 aromatic heterocycles. The van der Waals surface area contributed by atoms with Gasteiger partial charge in [0.25, 0.3) is 0 Å². The number of benzene rings is 1. The smallest absolute Gasteiger partial charge is 0.508 e. The summed E-state index contributed by atoms with van der Waals surface area (Å²) in [6.45, 7) is 0. The molecule has 0 amide bonds. The molecule has 0 atom stereocenters. The molecular formula is C6H6HgN2O7. The molecule has 1 rings (SSSR count). The molecule has 1 aromatic rings. The fourth-order valence-electron chi connectivity index (χ4n) is 0.428. The summed E-state index contributed by atoms with van der Waals surface area (Å²) in [7, 11) is 0. The molecule has 1 N–H and O–H groups in total. The predicted molar refractivity (Wildman–Crippen MR) is 48.8 cm³/mol. The van der Waals surface area contributed by atoms with Crippen LogP contribution in [0.2, 0.25) is 0 Å². The van der Waals surface area contributed by atoms with E-state index in [4.69, 9.17) is 35.7 Å². The molecule has 0 radical (unpaired) electrons. The van der Waals surface area contributed by atoms with Gasteiger partial charge in [-0.15, -0.1) is 0 Å². The van der Waals surface area contributed by atoms with Gasteiger partial charge in [0.15, 0.2) is 0 Å². The van der Waals surface area contributed by atoms with Crippen LogP contribution in [0, 0.1) is 30.6 Å². The maximum atomic E-state index is 8.63. The Morgan fingerprint density at radius 2 is 1.12 bits per heavy atom. The molecule has 0 heterocycles. The first-order valence-electron chi connectivity index (χ1n) is 3.23. The summed E-state index contributed by atoms with van der Waals surface area (Å²) in [4.78, 5) is 16.5. The van der Waals surface area contributed by atoms with Crippen molar-refractivity contribution in [1.82, 2.24) is 0 Å². The Bertz CT molecular complexity index is 274. The second-order valence-corrected chi connectivity index (χ2v) is 1.78. The van der Waals surface area contributed by atoms with Crippen molar-refractivity contribution in [3.8, 4) is 5.75 Å². The molecule has 10 heteroatoms. The van der Waals surface area contributed by atoms with Crippen LogP contribution in [0.5, 0.6) is 5.75 Å². The van der Waals surface area contributed by atoms with E-state index in [9.17, 15) is 0 Å². The summed E-state index contributed by atoms with van der Waals surface area (Å²) in [6, 6.07) is 8.71. The van der Waals surface area contributed by atoms with Crippen LogP contribution in [-0.4, -0.2) is 15.3 Å². The second kappa shape index (κ2) is 13.4. The van der Waals surface area contributed by atoms with Crippen LogP contribution in [0.25, 0.3) is 0 Å². The Hall–Kier alpha value is -1.64. The van der Waals surface area contributed by atoms with E-state index in [1.807, 2.05) is 6.07 Å². The van der Waals surface area contributed by atoms with Gasteiger partial charge in [0.1, 0.15) is 5.75 Å². The summed E-state index contributed by atoms with van der Waals surface area (Å²) in [5.41, 5.74) is 0. The standard InChI is InChI=1S/C6H6O.Hg.2NO3/c7-6-4-2-1-3-5-6;;2*2-1(3)4/h1-5,7H;;;/q;+2;2*-1. The number of phenols is 1. The topological polar surface area (TPSA) is 153 Å². The zero-order valence-corrected chi connectivity index (χ0v) is 13.4. The third-order valence-electron chi connectivity index (χ3n) is 0.756. The Kier molecular flexibility index (Phi) is 16.6. The van der Waals surface area contributed by atoms with E-state index >= 15 is 0 Å². The summed E-state index contributed by atoms with van der Waals surface area (Å²) in [5.74, 6) is 0.322. The van der Waals surface area contributed by atoms with Crippen molar-refractivity contribution >= 4 is 0 Å². The monoisotopic (exact) mass is 420 g/mol. The van der Waals surface area contributed by atoms with Gasteiger partial charge in [0, 0.05) is 0 Å². The largest absolute Gasteiger partial charge is 2.00 e. The van der Waals surface area contributed by atoms with Gasteiger partial charge >= 0.3 is 27.7 Å². The quantitative estimate of drug-likeness (QED) is 0.373. The molecule has 0 bridgehead atoms. The van der Waals surface area contributed by atoms with Crippen molar-refractivity contribution in [2.45, 2.75) is 0 Å². The van der Waals surface area contributed by atoms with Crippen LogP contribution in [0.1, 0.15) is 0 Å². The van der Waals surface area contributed by atoms with Crippen molar-refractivity contribution in [1.29, 1.82) is 0 Å². The van der Waals surface area contributed by atoms with E-state index in [2.05, 4.69) is 0 Å². The van der Waals surface area contributed by atoms with Crippen molar-refractivity contribution in [2.75, 3.05) is 0 Å². The van der Waals surface area contributed by atoms with E-state index in [0.717, 1.165) is 0 Å². The van der Waals surface area contributed by atoms with Gasteiger partial charge in [-0.3, -0.25) is 0 Å². The van der Waals surface area contributed by atoms with Gasteiger partial charge in [-0.1, -0.05) is 18.2 Å². The predicted octanol–water partition coefficient (Wildman–Crippen LogP) is 0.911.